The van der Waals surface area contributed by atoms with Gasteiger partial charge < -0.3 is 9.47 Å². The van der Waals surface area contributed by atoms with Gasteiger partial charge in [0.05, 0.1) is 18.1 Å². The molecule has 0 aliphatic heterocycles. The Labute approximate surface area is 121 Å². The second-order valence-corrected chi connectivity index (χ2v) is 5.84. The van der Waals surface area contributed by atoms with Gasteiger partial charge in [0.25, 0.3) is 0 Å². The number of aryl methyl sites for hydroxylation is 1. The van der Waals surface area contributed by atoms with Crippen LogP contribution in [0.5, 0.6) is 5.75 Å². The van der Waals surface area contributed by atoms with E-state index in [0.717, 1.165) is 16.3 Å². The van der Waals surface area contributed by atoms with Crippen LogP contribution in [0.3, 0.4) is 0 Å². The van der Waals surface area contributed by atoms with E-state index in [1.54, 1.807) is 19.9 Å². The summed E-state index contributed by atoms with van der Waals surface area (Å²) in [5.41, 5.74) is 0.513. The molecule has 0 fully saturated rings. The average molecular weight is 329 g/mol. The molecule has 0 saturated heterocycles. The molecule has 1 rings (SSSR count). The van der Waals surface area contributed by atoms with Gasteiger partial charge >= 0.3 is 5.97 Å². The Kier molecular flexibility index (Phi) is 5.11. The molecule has 0 aliphatic carbocycles. The minimum atomic E-state index is -0.769. The van der Waals surface area contributed by atoms with Crippen molar-refractivity contribution in [1.82, 2.24) is 0 Å². The number of hydrogen-bond acceptors (Lipinski definition) is 4. The predicted molar refractivity (Wildman–Crippen MR) is 75.6 cm³/mol. The fourth-order valence-electron chi connectivity index (χ4n) is 1.63. The highest BCUT2D eigenvalue weighted by atomic mass is 79.9. The van der Waals surface area contributed by atoms with Gasteiger partial charge in [-0.05, 0) is 38.5 Å². The van der Waals surface area contributed by atoms with E-state index in [-0.39, 0.29) is 12.6 Å². The number of methoxy groups -OCH3 is 1. The molecule has 0 amide bonds. The van der Waals surface area contributed by atoms with Gasteiger partial charge in [-0.1, -0.05) is 15.9 Å². The molecule has 104 valence electrons. The average Bonchev–Trinajstić information content (AvgIpc) is 2.35. The number of esters is 1. The first-order valence-electron chi connectivity index (χ1n) is 5.78. The lowest BCUT2D eigenvalue weighted by atomic mass is 9.95. The number of carbonyl (C=O) groups is 2. The second-order valence-electron chi connectivity index (χ2n) is 4.92. The van der Waals surface area contributed by atoms with Crippen LogP contribution in [0.2, 0.25) is 0 Å². The van der Waals surface area contributed by atoms with Crippen molar-refractivity contribution in [3.63, 3.8) is 0 Å². The number of aldehydes is 1. The van der Waals surface area contributed by atoms with E-state index >= 15 is 0 Å². The van der Waals surface area contributed by atoms with Crippen LogP contribution in [0, 0.1) is 12.3 Å². The molecule has 0 heterocycles. The number of ether oxygens (including phenoxy) is 2. The first-order chi connectivity index (χ1) is 8.81. The van der Waals surface area contributed by atoms with Crippen LogP contribution in [0.15, 0.2) is 16.6 Å². The maximum Gasteiger partial charge on any atom is 0.314 e. The van der Waals surface area contributed by atoms with E-state index in [9.17, 15) is 9.59 Å². The van der Waals surface area contributed by atoms with Crippen molar-refractivity contribution in [2.75, 3.05) is 13.7 Å². The lowest BCUT2D eigenvalue weighted by Gasteiger charge is -2.23. The van der Waals surface area contributed by atoms with Gasteiger partial charge in [0.15, 0.2) is 6.29 Å². The van der Waals surface area contributed by atoms with Gasteiger partial charge in [0.2, 0.25) is 0 Å². The number of benzene rings is 1. The summed E-state index contributed by atoms with van der Waals surface area (Å²) in [5, 5.41) is 0. The molecular formula is C14H17BrO4. The Morgan fingerprint density at radius 2 is 2.05 bits per heavy atom. The maximum atomic E-state index is 11.6. The molecular weight excluding hydrogens is 312 g/mol. The highest BCUT2D eigenvalue weighted by Gasteiger charge is 2.30. The van der Waals surface area contributed by atoms with Crippen molar-refractivity contribution in [3.05, 3.63) is 27.7 Å². The van der Waals surface area contributed by atoms with Gasteiger partial charge in [-0.15, -0.1) is 0 Å². The lowest BCUT2D eigenvalue weighted by molar-refractivity contribution is -0.152. The number of rotatable bonds is 5. The van der Waals surface area contributed by atoms with E-state index in [1.807, 2.05) is 13.0 Å². The van der Waals surface area contributed by atoms with Crippen molar-refractivity contribution in [3.8, 4) is 5.75 Å². The second kappa shape index (κ2) is 6.19. The fourth-order valence-corrected chi connectivity index (χ4v) is 2.22. The Bertz CT molecular complexity index is 494. The molecule has 0 radical (unpaired) electrons. The minimum Gasteiger partial charge on any atom is -0.491 e. The smallest absolute Gasteiger partial charge is 0.314 e. The van der Waals surface area contributed by atoms with E-state index < -0.39 is 5.41 Å². The van der Waals surface area contributed by atoms with Gasteiger partial charge in [-0.25, -0.2) is 0 Å². The summed E-state index contributed by atoms with van der Waals surface area (Å²) in [6, 6.07) is 3.54. The molecule has 0 aliphatic rings. The molecule has 0 bridgehead atoms. The monoisotopic (exact) mass is 328 g/mol. The molecule has 1 aromatic rings. The summed E-state index contributed by atoms with van der Waals surface area (Å²) in [6.45, 7) is 5.45. The summed E-state index contributed by atoms with van der Waals surface area (Å²) in [7, 11) is 1.34. The molecule has 0 spiro atoms. The largest absolute Gasteiger partial charge is 0.491 e. The molecule has 0 atom stereocenters. The van der Waals surface area contributed by atoms with Crippen LogP contribution in [-0.2, 0) is 9.53 Å². The topological polar surface area (TPSA) is 52.6 Å². The fraction of sp³-hybridized carbons (Fsp3) is 0.429. The van der Waals surface area contributed by atoms with Crippen LogP contribution in [0.4, 0.5) is 0 Å². The van der Waals surface area contributed by atoms with Crippen molar-refractivity contribution in [2.45, 2.75) is 20.8 Å². The Hall–Kier alpha value is -1.36. The van der Waals surface area contributed by atoms with Crippen LogP contribution in [-0.4, -0.2) is 26.0 Å². The molecule has 0 N–H and O–H groups in total. The van der Waals surface area contributed by atoms with E-state index in [2.05, 4.69) is 15.9 Å². The van der Waals surface area contributed by atoms with E-state index in [0.29, 0.717) is 11.3 Å². The molecule has 4 nitrogen and oxygen atoms in total. The van der Waals surface area contributed by atoms with Gasteiger partial charge in [-0.2, -0.15) is 0 Å². The lowest BCUT2D eigenvalue weighted by Crippen LogP contribution is -2.32. The molecule has 0 saturated carbocycles. The van der Waals surface area contributed by atoms with E-state index in [4.69, 9.17) is 9.47 Å². The maximum absolute atomic E-state index is 11.6. The zero-order valence-electron chi connectivity index (χ0n) is 11.5. The normalized spacial score (nSPS) is 11.0. The van der Waals surface area contributed by atoms with Crippen LogP contribution in [0.1, 0.15) is 29.8 Å². The van der Waals surface area contributed by atoms with Gasteiger partial charge in [0, 0.05) is 4.47 Å². The summed E-state index contributed by atoms with van der Waals surface area (Å²) < 4.78 is 11.2. The number of hydrogen-bond donors (Lipinski definition) is 0. The highest BCUT2D eigenvalue weighted by molar-refractivity contribution is 9.10. The standard InChI is InChI=1S/C14H17BrO4/c1-9-5-11(15)6-10(7-16)12(9)19-8-14(2,3)13(17)18-4/h5-7H,8H2,1-4H3. The Balaban J connectivity index is 2.95. The molecule has 19 heavy (non-hydrogen) atoms. The summed E-state index contributed by atoms with van der Waals surface area (Å²) in [6.07, 6.45) is 0.734. The van der Waals surface area contributed by atoms with Crippen LogP contribution < -0.4 is 4.74 Å². The Morgan fingerprint density at radius 1 is 1.42 bits per heavy atom. The number of carbonyl (C=O) groups excluding carboxylic acids is 2. The predicted octanol–water partition coefficient (Wildman–Crippen LogP) is 3.15. The van der Waals surface area contributed by atoms with Gasteiger partial charge in [-0.3, -0.25) is 9.59 Å². The van der Waals surface area contributed by atoms with Crippen LogP contribution >= 0.6 is 15.9 Å². The van der Waals surface area contributed by atoms with E-state index in [1.165, 1.54) is 7.11 Å². The summed E-state index contributed by atoms with van der Waals surface area (Å²) in [4.78, 5) is 22.6. The third-order valence-corrected chi connectivity index (χ3v) is 3.17. The zero-order chi connectivity index (χ0) is 14.6. The van der Waals surface area contributed by atoms with Crippen molar-refractivity contribution in [2.24, 2.45) is 5.41 Å². The summed E-state index contributed by atoms with van der Waals surface area (Å²) >= 11 is 3.32. The highest BCUT2D eigenvalue weighted by Crippen LogP contribution is 2.29. The molecule has 5 heteroatoms. The minimum absolute atomic E-state index is 0.142. The third kappa shape index (κ3) is 3.80. The van der Waals surface area contributed by atoms with Crippen molar-refractivity contribution < 1.29 is 19.1 Å². The molecule has 1 aromatic carbocycles. The van der Waals surface area contributed by atoms with Gasteiger partial charge in [0.1, 0.15) is 12.4 Å². The molecule has 0 aromatic heterocycles. The first-order valence-corrected chi connectivity index (χ1v) is 6.57. The quantitative estimate of drug-likeness (QED) is 0.615. The Morgan fingerprint density at radius 3 is 2.58 bits per heavy atom. The van der Waals surface area contributed by atoms with Crippen molar-refractivity contribution in [1.29, 1.82) is 0 Å². The summed E-state index contributed by atoms with van der Waals surface area (Å²) in [5.74, 6) is 0.144. The van der Waals surface area contributed by atoms with Crippen LogP contribution in [0.25, 0.3) is 0 Å². The number of halogens is 1. The zero-order valence-corrected chi connectivity index (χ0v) is 13.0. The first kappa shape index (κ1) is 15.7. The SMILES string of the molecule is COC(=O)C(C)(C)COc1c(C)cc(Br)cc1C=O. The van der Waals surface area contributed by atoms with Crippen molar-refractivity contribution >= 4 is 28.2 Å². The molecule has 0 unspecified atom stereocenters. The third-order valence-electron chi connectivity index (χ3n) is 2.71.